The van der Waals surface area contributed by atoms with E-state index in [1.807, 2.05) is 6.07 Å². The molecule has 0 fully saturated rings. The SMILES string of the molecule is COc1ccc2c(CC(=O)Nc3cccc(S(=O)(=O)NC4=NCCC4)c3)coc2c1. The van der Waals surface area contributed by atoms with Crippen molar-refractivity contribution in [2.45, 2.75) is 24.2 Å². The molecule has 30 heavy (non-hydrogen) atoms. The molecule has 3 aromatic rings. The van der Waals surface area contributed by atoms with E-state index in [1.54, 1.807) is 31.4 Å². The van der Waals surface area contributed by atoms with Crippen LogP contribution in [0.3, 0.4) is 0 Å². The topological polar surface area (TPSA) is 110 Å². The number of anilines is 1. The number of nitrogens with one attached hydrogen (secondary N) is 2. The molecular weight excluding hydrogens is 406 g/mol. The number of amides is 1. The molecule has 1 aliphatic rings. The maximum atomic E-state index is 12.6. The number of nitrogens with zero attached hydrogens (tertiary/aromatic N) is 1. The standard InChI is InChI=1S/C21H21N3O5S/c1-28-16-7-8-18-14(13-29-19(18)12-16)10-21(25)23-15-4-2-5-17(11-15)30(26,27)24-20-6-3-9-22-20/h2,4-5,7-8,11-13H,3,6,9-10H2,1H3,(H,22,24)(H,23,25). The van der Waals surface area contributed by atoms with E-state index in [0.29, 0.717) is 35.8 Å². The molecule has 0 saturated heterocycles. The minimum Gasteiger partial charge on any atom is -0.497 e. The largest absolute Gasteiger partial charge is 0.497 e. The third-order valence-corrected chi connectivity index (χ3v) is 6.15. The summed E-state index contributed by atoms with van der Waals surface area (Å²) in [5, 5.41) is 3.57. The van der Waals surface area contributed by atoms with Crippen molar-refractivity contribution in [3.8, 4) is 5.75 Å². The summed E-state index contributed by atoms with van der Waals surface area (Å²) < 4.78 is 38.3. The summed E-state index contributed by atoms with van der Waals surface area (Å²) in [4.78, 5) is 16.7. The maximum absolute atomic E-state index is 12.6. The van der Waals surface area contributed by atoms with Gasteiger partial charge in [0.1, 0.15) is 17.2 Å². The number of furan rings is 1. The zero-order chi connectivity index (χ0) is 21.1. The lowest BCUT2D eigenvalue weighted by molar-refractivity contribution is -0.115. The lowest BCUT2D eigenvalue weighted by Crippen LogP contribution is -2.29. The number of carbonyl (C=O) groups is 1. The van der Waals surface area contributed by atoms with Gasteiger partial charge in [0.05, 0.1) is 24.7 Å². The average molecular weight is 427 g/mol. The van der Waals surface area contributed by atoms with Gasteiger partial charge < -0.3 is 14.5 Å². The third kappa shape index (κ3) is 4.30. The highest BCUT2D eigenvalue weighted by atomic mass is 32.2. The van der Waals surface area contributed by atoms with Crippen molar-refractivity contribution in [3.05, 3.63) is 54.3 Å². The number of benzene rings is 2. The lowest BCUT2D eigenvalue weighted by atomic mass is 10.1. The first-order valence-electron chi connectivity index (χ1n) is 9.45. The fourth-order valence-electron chi connectivity index (χ4n) is 3.28. The first-order valence-corrected chi connectivity index (χ1v) is 10.9. The Bertz CT molecular complexity index is 1230. The van der Waals surface area contributed by atoms with Crippen LogP contribution in [0, 0.1) is 0 Å². The molecule has 2 N–H and O–H groups in total. The van der Waals surface area contributed by atoms with Crippen molar-refractivity contribution in [1.82, 2.24) is 4.72 Å². The molecule has 2 aromatic carbocycles. The molecule has 1 amide bonds. The van der Waals surface area contributed by atoms with E-state index in [-0.39, 0.29) is 17.2 Å². The number of carbonyl (C=O) groups excluding carboxylic acids is 1. The number of rotatable bonds is 6. The molecule has 0 radical (unpaired) electrons. The first-order chi connectivity index (χ1) is 14.4. The fourth-order valence-corrected chi connectivity index (χ4v) is 4.42. The van der Waals surface area contributed by atoms with Crippen molar-refractivity contribution in [3.63, 3.8) is 0 Å². The minimum absolute atomic E-state index is 0.0655. The van der Waals surface area contributed by atoms with Crippen molar-refractivity contribution < 1.29 is 22.4 Å². The molecule has 4 rings (SSSR count). The van der Waals surface area contributed by atoms with E-state index in [9.17, 15) is 13.2 Å². The van der Waals surface area contributed by atoms with Gasteiger partial charge in [0.25, 0.3) is 10.0 Å². The van der Waals surface area contributed by atoms with Gasteiger partial charge in [0.15, 0.2) is 0 Å². The van der Waals surface area contributed by atoms with Crippen LogP contribution in [0.4, 0.5) is 5.69 Å². The van der Waals surface area contributed by atoms with Crippen LogP contribution in [0.15, 0.2) is 63.0 Å². The Hall–Kier alpha value is -3.33. The molecule has 0 unspecified atom stereocenters. The Morgan fingerprint density at radius 2 is 2.10 bits per heavy atom. The quantitative estimate of drug-likeness (QED) is 0.628. The Balaban J connectivity index is 1.47. The van der Waals surface area contributed by atoms with Gasteiger partial charge >= 0.3 is 0 Å². The van der Waals surface area contributed by atoms with Crippen LogP contribution in [-0.4, -0.2) is 33.8 Å². The number of hydrogen-bond donors (Lipinski definition) is 2. The number of sulfonamides is 1. The van der Waals surface area contributed by atoms with E-state index in [0.717, 1.165) is 17.4 Å². The summed E-state index contributed by atoms with van der Waals surface area (Å²) in [6, 6.07) is 11.5. The van der Waals surface area contributed by atoms with Crippen molar-refractivity contribution in [2.75, 3.05) is 19.0 Å². The first kappa shape index (κ1) is 20.0. The smallest absolute Gasteiger partial charge is 0.262 e. The number of fused-ring (bicyclic) bond motifs is 1. The number of hydrogen-bond acceptors (Lipinski definition) is 6. The van der Waals surface area contributed by atoms with E-state index < -0.39 is 10.0 Å². The normalized spacial score (nSPS) is 13.8. The predicted molar refractivity (Wildman–Crippen MR) is 113 cm³/mol. The molecule has 0 bridgehead atoms. The highest BCUT2D eigenvalue weighted by molar-refractivity contribution is 7.90. The van der Waals surface area contributed by atoms with Gasteiger partial charge in [0.2, 0.25) is 5.91 Å². The molecule has 1 aromatic heterocycles. The van der Waals surface area contributed by atoms with Gasteiger partial charge in [-0.15, -0.1) is 0 Å². The Labute approximate surface area is 174 Å². The maximum Gasteiger partial charge on any atom is 0.262 e. The zero-order valence-electron chi connectivity index (χ0n) is 16.3. The molecule has 8 nitrogen and oxygen atoms in total. The van der Waals surface area contributed by atoms with Gasteiger partial charge in [0, 0.05) is 35.7 Å². The van der Waals surface area contributed by atoms with E-state index in [1.165, 1.54) is 18.4 Å². The second kappa shape index (κ2) is 8.19. The van der Waals surface area contributed by atoms with Crippen LogP contribution in [0.2, 0.25) is 0 Å². The van der Waals surface area contributed by atoms with Crippen LogP contribution in [-0.2, 0) is 21.2 Å². The van der Waals surface area contributed by atoms with Gasteiger partial charge in [-0.3, -0.25) is 14.5 Å². The van der Waals surface area contributed by atoms with Gasteiger partial charge in [-0.25, -0.2) is 8.42 Å². The van der Waals surface area contributed by atoms with Crippen LogP contribution in [0.1, 0.15) is 18.4 Å². The van der Waals surface area contributed by atoms with Crippen LogP contribution in [0.25, 0.3) is 11.0 Å². The number of amidine groups is 1. The summed E-state index contributed by atoms with van der Waals surface area (Å²) >= 11 is 0. The fraction of sp³-hybridized carbons (Fsp3) is 0.238. The number of methoxy groups -OCH3 is 1. The van der Waals surface area contributed by atoms with Crippen molar-refractivity contribution >= 4 is 38.4 Å². The van der Waals surface area contributed by atoms with E-state index in [2.05, 4.69) is 15.0 Å². The van der Waals surface area contributed by atoms with Crippen molar-refractivity contribution in [1.29, 1.82) is 0 Å². The Morgan fingerprint density at radius 3 is 2.87 bits per heavy atom. The second-order valence-electron chi connectivity index (χ2n) is 6.91. The Kier molecular flexibility index (Phi) is 5.45. The van der Waals surface area contributed by atoms with Crippen LogP contribution < -0.4 is 14.8 Å². The molecule has 2 heterocycles. The average Bonchev–Trinajstić information content (AvgIpc) is 3.37. The summed E-state index contributed by atoms with van der Waals surface area (Å²) in [6.45, 7) is 0.628. The molecule has 1 aliphatic heterocycles. The van der Waals surface area contributed by atoms with E-state index >= 15 is 0 Å². The molecule has 156 valence electrons. The zero-order valence-corrected chi connectivity index (χ0v) is 17.2. The number of aliphatic imine (C=N–C) groups is 1. The summed E-state index contributed by atoms with van der Waals surface area (Å²) in [5.41, 5.74) is 1.76. The van der Waals surface area contributed by atoms with E-state index in [4.69, 9.17) is 9.15 Å². The second-order valence-corrected chi connectivity index (χ2v) is 8.60. The third-order valence-electron chi connectivity index (χ3n) is 4.77. The predicted octanol–water partition coefficient (Wildman–Crippen LogP) is 3.09. The Morgan fingerprint density at radius 1 is 1.23 bits per heavy atom. The summed E-state index contributed by atoms with van der Waals surface area (Å²) in [7, 11) is -2.17. The van der Waals surface area contributed by atoms with Crippen LogP contribution in [0.5, 0.6) is 5.75 Å². The molecule has 0 aliphatic carbocycles. The highest BCUT2D eigenvalue weighted by Gasteiger charge is 2.19. The molecule has 9 heteroatoms. The monoisotopic (exact) mass is 427 g/mol. The van der Waals surface area contributed by atoms with Gasteiger partial charge in [-0.05, 0) is 36.8 Å². The summed E-state index contributed by atoms with van der Waals surface area (Å²) in [5.74, 6) is 0.854. The number of ether oxygens (including phenoxy) is 1. The van der Waals surface area contributed by atoms with Crippen molar-refractivity contribution in [2.24, 2.45) is 4.99 Å². The minimum atomic E-state index is -3.75. The lowest BCUT2D eigenvalue weighted by Gasteiger charge is -2.10. The van der Waals surface area contributed by atoms with Gasteiger partial charge in [-0.1, -0.05) is 6.07 Å². The van der Waals surface area contributed by atoms with Gasteiger partial charge in [-0.2, -0.15) is 0 Å². The molecular formula is C21H21N3O5S. The molecule has 0 atom stereocenters. The molecule has 0 spiro atoms. The van der Waals surface area contributed by atoms with Crippen LogP contribution >= 0.6 is 0 Å². The highest BCUT2D eigenvalue weighted by Crippen LogP contribution is 2.26. The summed E-state index contributed by atoms with van der Waals surface area (Å²) in [6.07, 6.45) is 3.08. The molecule has 0 saturated carbocycles.